The fourth-order valence-electron chi connectivity index (χ4n) is 2.33. The van der Waals surface area contributed by atoms with E-state index in [0.717, 1.165) is 16.7 Å². The molecule has 3 rings (SSSR count). The first-order valence-electron chi connectivity index (χ1n) is 7.92. The van der Waals surface area contributed by atoms with E-state index < -0.39 is 17.1 Å². The first kappa shape index (κ1) is 19.5. The quantitative estimate of drug-likeness (QED) is 0.624. The fourth-order valence-corrected chi connectivity index (χ4v) is 4.05. The topological polar surface area (TPSA) is 83.9 Å². The Bertz CT molecular complexity index is 907. The molecule has 1 aromatic heterocycles. The molecule has 0 aliphatic carbocycles. The molecule has 1 fully saturated rings. The van der Waals surface area contributed by atoms with Gasteiger partial charge < -0.3 is 9.84 Å². The number of ether oxygens (including phenoxy) is 1. The summed E-state index contributed by atoms with van der Waals surface area (Å²) < 4.78 is 5.83. The number of carbonyl (C=O) groups excluding carboxylic acids is 2. The number of aliphatic carboxylic acids is 1. The predicted octanol–water partition coefficient (Wildman–Crippen LogP) is 5.09. The second-order valence-corrected chi connectivity index (χ2v) is 7.86. The Morgan fingerprint density at radius 1 is 1.22 bits per heavy atom. The van der Waals surface area contributed by atoms with Crippen molar-refractivity contribution in [3.63, 3.8) is 0 Å². The average Bonchev–Trinajstić information content (AvgIpc) is 3.16. The first-order valence-corrected chi connectivity index (χ1v) is 9.99. The number of carboxylic acid groups (broad SMARTS) is 1. The molecule has 1 N–H and O–H groups in total. The molecule has 1 aliphatic heterocycles. The van der Waals surface area contributed by atoms with Gasteiger partial charge in [-0.1, -0.05) is 11.6 Å². The van der Waals surface area contributed by atoms with Crippen LogP contribution in [-0.2, 0) is 9.59 Å². The van der Waals surface area contributed by atoms with E-state index in [1.807, 2.05) is 5.38 Å². The first-order chi connectivity index (χ1) is 12.9. The van der Waals surface area contributed by atoms with Crippen molar-refractivity contribution in [2.75, 3.05) is 6.54 Å². The van der Waals surface area contributed by atoms with Crippen molar-refractivity contribution in [2.24, 2.45) is 0 Å². The average molecular weight is 424 g/mol. The fraction of sp³-hybridized carbons (Fsp3) is 0.167. The second-order valence-electron chi connectivity index (χ2n) is 5.55. The van der Waals surface area contributed by atoms with Crippen LogP contribution in [0.4, 0.5) is 4.79 Å². The lowest BCUT2D eigenvalue weighted by molar-refractivity contribution is -0.137. The minimum atomic E-state index is -0.959. The molecule has 2 heterocycles. The second kappa shape index (κ2) is 8.60. The highest BCUT2D eigenvalue weighted by Crippen LogP contribution is 2.37. The zero-order valence-corrected chi connectivity index (χ0v) is 16.3. The third-order valence-electron chi connectivity index (χ3n) is 3.62. The number of carbonyl (C=O) groups is 3. The lowest BCUT2D eigenvalue weighted by atomic mass is 10.2. The van der Waals surface area contributed by atoms with Crippen LogP contribution in [-0.4, -0.2) is 33.7 Å². The van der Waals surface area contributed by atoms with Gasteiger partial charge in [0.15, 0.2) is 5.06 Å². The minimum Gasteiger partial charge on any atom is -0.481 e. The molecule has 1 aliphatic rings. The van der Waals surface area contributed by atoms with Gasteiger partial charge in [0.1, 0.15) is 5.75 Å². The van der Waals surface area contributed by atoms with Crippen molar-refractivity contribution < 1.29 is 24.2 Å². The number of amides is 2. The van der Waals surface area contributed by atoms with Gasteiger partial charge in [-0.15, -0.1) is 11.3 Å². The summed E-state index contributed by atoms with van der Waals surface area (Å²) in [6.45, 7) is 0.0894. The SMILES string of the molecule is O=C(O)CCCN1C(=O)SC(=Cc2ccsc2Oc2ccc(Cl)cc2)C1=O. The monoisotopic (exact) mass is 423 g/mol. The van der Waals surface area contributed by atoms with E-state index in [4.69, 9.17) is 21.4 Å². The van der Waals surface area contributed by atoms with E-state index >= 15 is 0 Å². The maximum absolute atomic E-state index is 12.4. The number of carboxylic acids is 1. The van der Waals surface area contributed by atoms with Crippen molar-refractivity contribution in [2.45, 2.75) is 12.8 Å². The van der Waals surface area contributed by atoms with Crippen LogP contribution in [0.15, 0.2) is 40.6 Å². The Kier molecular flexibility index (Phi) is 6.20. The molecule has 27 heavy (non-hydrogen) atoms. The van der Waals surface area contributed by atoms with E-state index in [0.29, 0.717) is 21.4 Å². The maximum atomic E-state index is 12.4. The molecular weight excluding hydrogens is 410 g/mol. The van der Waals surface area contributed by atoms with Crippen LogP contribution in [0.2, 0.25) is 5.02 Å². The van der Waals surface area contributed by atoms with Gasteiger partial charge in [-0.2, -0.15) is 0 Å². The van der Waals surface area contributed by atoms with Gasteiger partial charge in [-0.3, -0.25) is 19.3 Å². The lowest BCUT2D eigenvalue weighted by Crippen LogP contribution is -2.29. The zero-order valence-electron chi connectivity index (χ0n) is 13.9. The summed E-state index contributed by atoms with van der Waals surface area (Å²) in [6, 6.07) is 8.71. The van der Waals surface area contributed by atoms with Gasteiger partial charge in [-0.25, -0.2) is 0 Å². The van der Waals surface area contributed by atoms with Gasteiger partial charge in [0.05, 0.1) is 4.91 Å². The maximum Gasteiger partial charge on any atom is 0.303 e. The van der Waals surface area contributed by atoms with Crippen molar-refractivity contribution >= 4 is 57.9 Å². The number of rotatable bonds is 7. The molecule has 0 spiro atoms. The summed E-state index contributed by atoms with van der Waals surface area (Å²) >= 11 is 8.07. The molecule has 1 aromatic carbocycles. The van der Waals surface area contributed by atoms with E-state index in [1.165, 1.54) is 11.3 Å². The van der Waals surface area contributed by atoms with Crippen LogP contribution < -0.4 is 4.74 Å². The summed E-state index contributed by atoms with van der Waals surface area (Å²) in [5.74, 6) is -0.767. The predicted molar refractivity (Wildman–Crippen MR) is 105 cm³/mol. The summed E-state index contributed by atoms with van der Waals surface area (Å²) in [6.07, 6.45) is 1.75. The number of nitrogens with zero attached hydrogens (tertiary/aromatic N) is 1. The standard InChI is InChI=1S/C18H14ClNO5S2/c19-12-3-5-13(6-4-12)25-17-11(7-9-26-17)10-14-16(23)20(18(24)27-14)8-1-2-15(21)22/h3-7,9-10H,1-2,8H2,(H,21,22). The van der Waals surface area contributed by atoms with Crippen molar-refractivity contribution in [3.8, 4) is 10.8 Å². The summed E-state index contributed by atoms with van der Waals surface area (Å²) in [4.78, 5) is 36.4. The van der Waals surface area contributed by atoms with E-state index in [-0.39, 0.29) is 24.3 Å². The summed E-state index contributed by atoms with van der Waals surface area (Å²) in [5.41, 5.74) is 0.686. The molecule has 0 radical (unpaired) electrons. The van der Waals surface area contributed by atoms with Crippen LogP contribution in [0.3, 0.4) is 0 Å². The number of hydrogen-bond acceptors (Lipinski definition) is 6. The van der Waals surface area contributed by atoms with E-state index in [1.54, 1.807) is 36.4 Å². The molecule has 2 amide bonds. The highest BCUT2D eigenvalue weighted by atomic mass is 35.5. The number of hydrogen-bond donors (Lipinski definition) is 1. The number of benzene rings is 1. The van der Waals surface area contributed by atoms with Crippen molar-refractivity contribution in [1.29, 1.82) is 0 Å². The van der Waals surface area contributed by atoms with Gasteiger partial charge in [0.25, 0.3) is 11.1 Å². The van der Waals surface area contributed by atoms with Gasteiger partial charge >= 0.3 is 5.97 Å². The molecule has 0 saturated carbocycles. The molecule has 0 bridgehead atoms. The molecule has 0 atom stereocenters. The Morgan fingerprint density at radius 2 is 1.96 bits per heavy atom. The zero-order chi connectivity index (χ0) is 19.4. The van der Waals surface area contributed by atoms with Crippen LogP contribution in [0.1, 0.15) is 18.4 Å². The van der Waals surface area contributed by atoms with Crippen LogP contribution in [0.25, 0.3) is 6.08 Å². The Hall–Kier alpha value is -2.29. The number of imide groups is 1. The Morgan fingerprint density at radius 3 is 2.67 bits per heavy atom. The molecule has 1 saturated heterocycles. The van der Waals surface area contributed by atoms with Gasteiger partial charge in [0.2, 0.25) is 0 Å². The largest absolute Gasteiger partial charge is 0.481 e. The number of thioether (sulfide) groups is 1. The van der Waals surface area contributed by atoms with Crippen LogP contribution in [0.5, 0.6) is 10.8 Å². The minimum absolute atomic E-state index is 0.0894. The molecule has 2 aromatic rings. The summed E-state index contributed by atoms with van der Waals surface area (Å²) in [5, 5.41) is 11.3. The van der Waals surface area contributed by atoms with Crippen LogP contribution in [0, 0.1) is 0 Å². The molecule has 0 unspecified atom stereocenters. The Balaban J connectivity index is 1.72. The summed E-state index contributed by atoms with van der Waals surface area (Å²) in [7, 11) is 0. The highest BCUT2D eigenvalue weighted by molar-refractivity contribution is 8.18. The third kappa shape index (κ3) is 4.91. The highest BCUT2D eigenvalue weighted by Gasteiger charge is 2.34. The van der Waals surface area contributed by atoms with Crippen LogP contribution >= 0.6 is 34.7 Å². The molecular formula is C18H14ClNO5S2. The number of halogens is 1. The normalized spacial score (nSPS) is 15.6. The molecule has 140 valence electrons. The third-order valence-corrected chi connectivity index (χ3v) is 5.58. The van der Waals surface area contributed by atoms with Gasteiger partial charge in [0, 0.05) is 23.6 Å². The van der Waals surface area contributed by atoms with Gasteiger partial charge in [-0.05, 0) is 60.0 Å². The van der Waals surface area contributed by atoms with Crippen molar-refractivity contribution in [3.05, 3.63) is 51.2 Å². The lowest BCUT2D eigenvalue weighted by Gasteiger charge is -2.10. The molecule has 9 heteroatoms. The van der Waals surface area contributed by atoms with E-state index in [9.17, 15) is 14.4 Å². The Labute approximate surface area is 168 Å². The molecule has 6 nitrogen and oxygen atoms in total. The number of thiophene rings is 1. The van der Waals surface area contributed by atoms with E-state index in [2.05, 4.69) is 0 Å². The van der Waals surface area contributed by atoms with Crippen molar-refractivity contribution in [1.82, 2.24) is 4.90 Å². The smallest absolute Gasteiger partial charge is 0.303 e.